The number of esters is 1. The van der Waals surface area contributed by atoms with E-state index >= 15 is 0 Å². The summed E-state index contributed by atoms with van der Waals surface area (Å²) >= 11 is 0. The Labute approximate surface area is 126 Å². The van der Waals surface area contributed by atoms with Gasteiger partial charge in [0.2, 0.25) is 5.83 Å². The van der Waals surface area contributed by atoms with Crippen LogP contribution in [0.5, 0.6) is 0 Å². The first-order chi connectivity index (χ1) is 9.65. The summed E-state index contributed by atoms with van der Waals surface area (Å²) in [6, 6.07) is 0. The van der Waals surface area contributed by atoms with E-state index in [4.69, 9.17) is 0 Å². The van der Waals surface area contributed by atoms with E-state index in [-0.39, 0.29) is 17.6 Å². The lowest BCUT2D eigenvalue weighted by Gasteiger charge is -2.44. The van der Waals surface area contributed by atoms with Gasteiger partial charge >= 0.3 is 5.97 Å². The molecule has 4 heteroatoms. The van der Waals surface area contributed by atoms with Crippen molar-refractivity contribution in [3.8, 4) is 0 Å². The van der Waals surface area contributed by atoms with Crippen LogP contribution in [0.25, 0.3) is 0 Å². The highest BCUT2D eigenvalue weighted by molar-refractivity contribution is 5.87. The standard InChI is InChI=1S/C17H25FO3/c1-6-21-15(19)14(18)12(2)9-11-17(20)13(3)8-7-10-16(17,4)5/h8-9,11,20H,6-7,10H2,1-5H3/b11-9+,14-12-. The molecule has 0 fully saturated rings. The van der Waals surface area contributed by atoms with E-state index in [1.54, 1.807) is 13.0 Å². The van der Waals surface area contributed by atoms with E-state index in [1.165, 1.54) is 13.0 Å². The summed E-state index contributed by atoms with van der Waals surface area (Å²) in [6.45, 7) is 9.07. The Bertz CT molecular complexity index is 500. The molecular formula is C17H25FO3. The monoisotopic (exact) mass is 296 g/mol. The Hall–Kier alpha value is -1.42. The van der Waals surface area contributed by atoms with Crippen molar-refractivity contribution in [3.05, 3.63) is 35.2 Å². The van der Waals surface area contributed by atoms with Crippen LogP contribution in [0.2, 0.25) is 0 Å². The molecule has 1 rings (SSSR count). The summed E-state index contributed by atoms with van der Waals surface area (Å²) < 4.78 is 18.4. The third-order valence-corrected chi connectivity index (χ3v) is 4.23. The molecule has 0 amide bonds. The minimum absolute atomic E-state index is 0.127. The first-order valence-corrected chi connectivity index (χ1v) is 7.28. The van der Waals surface area contributed by atoms with Crippen LogP contribution in [0.4, 0.5) is 4.39 Å². The summed E-state index contributed by atoms with van der Waals surface area (Å²) in [4.78, 5) is 11.3. The average Bonchev–Trinajstić information content (AvgIpc) is 2.41. The molecule has 1 aliphatic rings. The van der Waals surface area contributed by atoms with Gasteiger partial charge in [-0.1, -0.05) is 26.0 Å². The van der Waals surface area contributed by atoms with Gasteiger partial charge in [-0.3, -0.25) is 0 Å². The maximum atomic E-state index is 13.8. The van der Waals surface area contributed by atoms with Crippen LogP contribution < -0.4 is 0 Å². The molecule has 118 valence electrons. The molecule has 21 heavy (non-hydrogen) atoms. The molecule has 1 atom stereocenters. The zero-order valence-electron chi connectivity index (χ0n) is 13.5. The maximum Gasteiger partial charge on any atom is 0.367 e. The molecule has 0 bridgehead atoms. The summed E-state index contributed by atoms with van der Waals surface area (Å²) in [5.41, 5.74) is -0.486. The van der Waals surface area contributed by atoms with Crippen LogP contribution >= 0.6 is 0 Å². The Balaban J connectivity index is 3.07. The quantitative estimate of drug-likeness (QED) is 0.371. The second kappa shape index (κ2) is 6.56. The van der Waals surface area contributed by atoms with Gasteiger partial charge in [0.1, 0.15) is 5.60 Å². The van der Waals surface area contributed by atoms with E-state index in [0.717, 1.165) is 18.4 Å². The Kier molecular flexibility index (Phi) is 5.51. The van der Waals surface area contributed by atoms with Gasteiger partial charge in [-0.15, -0.1) is 0 Å². The van der Waals surface area contributed by atoms with Crippen LogP contribution in [-0.2, 0) is 9.53 Å². The highest BCUT2D eigenvalue weighted by Crippen LogP contribution is 2.45. The van der Waals surface area contributed by atoms with E-state index in [1.807, 2.05) is 26.8 Å². The molecule has 0 saturated carbocycles. The van der Waals surface area contributed by atoms with Gasteiger partial charge in [0.05, 0.1) is 6.61 Å². The summed E-state index contributed by atoms with van der Waals surface area (Å²) in [6.07, 6.45) is 6.79. The molecule has 0 radical (unpaired) electrons. The number of hydrogen-bond donors (Lipinski definition) is 1. The van der Waals surface area contributed by atoms with Crippen molar-refractivity contribution in [3.63, 3.8) is 0 Å². The molecule has 0 aromatic heterocycles. The van der Waals surface area contributed by atoms with Crippen molar-refractivity contribution in [2.24, 2.45) is 5.41 Å². The van der Waals surface area contributed by atoms with Gasteiger partial charge in [0.15, 0.2) is 0 Å². The van der Waals surface area contributed by atoms with Crippen LogP contribution in [0, 0.1) is 5.41 Å². The smallest absolute Gasteiger partial charge is 0.367 e. The average molecular weight is 296 g/mol. The van der Waals surface area contributed by atoms with Crippen molar-refractivity contribution in [2.75, 3.05) is 6.61 Å². The molecule has 0 aromatic carbocycles. The van der Waals surface area contributed by atoms with Gasteiger partial charge in [-0.2, -0.15) is 4.39 Å². The van der Waals surface area contributed by atoms with Crippen molar-refractivity contribution >= 4 is 5.97 Å². The minimum atomic E-state index is -1.14. The second-order valence-corrected chi connectivity index (χ2v) is 6.13. The van der Waals surface area contributed by atoms with Crippen molar-refractivity contribution < 1.29 is 19.0 Å². The fourth-order valence-corrected chi connectivity index (χ4v) is 2.56. The number of allylic oxidation sites excluding steroid dienone is 3. The fraction of sp³-hybridized carbons (Fsp3) is 0.588. The largest absolute Gasteiger partial charge is 0.461 e. The number of ether oxygens (including phenoxy) is 1. The van der Waals surface area contributed by atoms with Crippen LogP contribution in [0.1, 0.15) is 47.5 Å². The molecule has 0 spiro atoms. The van der Waals surface area contributed by atoms with Crippen molar-refractivity contribution in [1.29, 1.82) is 0 Å². The Morgan fingerprint density at radius 1 is 1.52 bits per heavy atom. The molecule has 0 aromatic rings. The van der Waals surface area contributed by atoms with Crippen molar-refractivity contribution in [1.82, 2.24) is 0 Å². The zero-order chi connectivity index (χ0) is 16.3. The van der Waals surface area contributed by atoms with E-state index in [9.17, 15) is 14.3 Å². The van der Waals surface area contributed by atoms with E-state index < -0.39 is 17.4 Å². The molecule has 1 unspecified atom stereocenters. The Morgan fingerprint density at radius 3 is 2.67 bits per heavy atom. The number of aliphatic hydroxyl groups is 1. The summed E-state index contributed by atoms with van der Waals surface area (Å²) in [5.74, 6) is -1.89. The van der Waals surface area contributed by atoms with Crippen LogP contribution in [-0.4, -0.2) is 23.3 Å². The van der Waals surface area contributed by atoms with Gasteiger partial charge in [0.25, 0.3) is 0 Å². The van der Waals surface area contributed by atoms with Crippen LogP contribution in [0.15, 0.2) is 35.2 Å². The Morgan fingerprint density at radius 2 is 2.14 bits per heavy atom. The van der Waals surface area contributed by atoms with E-state index in [0.29, 0.717) is 0 Å². The topological polar surface area (TPSA) is 46.5 Å². The number of halogens is 1. The molecule has 1 N–H and O–H groups in total. The van der Waals surface area contributed by atoms with E-state index in [2.05, 4.69) is 4.74 Å². The zero-order valence-corrected chi connectivity index (χ0v) is 13.5. The molecule has 3 nitrogen and oxygen atoms in total. The number of hydrogen-bond acceptors (Lipinski definition) is 3. The lowest BCUT2D eigenvalue weighted by atomic mass is 9.65. The molecule has 0 aliphatic heterocycles. The lowest BCUT2D eigenvalue weighted by Crippen LogP contribution is -2.45. The summed E-state index contributed by atoms with van der Waals surface area (Å²) in [7, 11) is 0. The van der Waals surface area contributed by atoms with Crippen LogP contribution in [0.3, 0.4) is 0 Å². The lowest BCUT2D eigenvalue weighted by molar-refractivity contribution is -0.140. The first-order valence-electron chi connectivity index (χ1n) is 7.28. The molecule has 0 saturated heterocycles. The molecule has 0 heterocycles. The number of carbonyl (C=O) groups excluding carboxylic acids is 1. The number of rotatable bonds is 4. The number of carbonyl (C=O) groups is 1. The minimum Gasteiger partial charge on any atom is -0.461 e. The fourth-order valence-electron chi connectivity index (χ4n) is 2.56. The third-order valence-electron chi connectivity index (χ3n) is 4.23. The normalized spacial score (nSPS) is 26.3. The second-order valence-electron chi connectivity index (χ2n) is 6.13. The van der Waals surface area contributed by atoms with Gasteiger partial charge in [-0.25, -0.2) is 4.79 Å². The predicted octanol–water partition coefficient (Wildman–Crippen LogP) is 3.85. The van der Waals surface area contributed by atoms with Gasteiger partial charge < -0.3 is 9.84 Å². The van der Waals surface area contributed by atoms with Gasteiger partial charge in [-0.05, 0) is 50.8 Å². The first kappa shape index (κ1) is 17.6. The third kappa shape index (κ3) is 3.62. The molecular weight excluding hydrogens is 271 g/mol. The maximum absolute atomic E-state index is 13.8. The predicted molar refractivity (Wildman–Crippen MR) is 81.3 cm³/mol. The SMILES string of the molecule is CCOC(=O)/C(F)=C(C)/C=C/C1(O)C(C)=CCCC1(C)C. The molecule has 1 aliphatic carbocycles. The van der Waals surface area contributed by atoms with Gasteiger partial charge in [0, 0.05) is 5.41 Å². The summed E-state index contributed by atoms with van der Waals surface area (Å²) in [5, 5.41) is 10.9. The highest BCUT2D eigenvalue weighted by atomic mass is 19.1. The highest BCUT2D eigenvalue weighted by Gasteiger charge is 2.44. The van der Waals surface area contributed by atoms with Crippen molar-refractivity contribution in [2.45, 2.75) is 53.1 Å².